The van der Waals surface area contributed by atoms with Crippen molar-refractivity contribution in [3.63, 3.8) is 0 Å². The second-order valence-corrected chi connectivity index (χ2v) is 5.35. The summed E-state index contributed by atoms with van der Waals surface area (Å²) >= 11 is 0. The quantitative estimate of drug-likeness (QED) is 0.869. The van der Waals surface area contributed by atoms with Gasteiger partial charge in [-0.1, -0.05) is 31.2 Å². The van der Waals surface area contributed by atoms with Crippen molar-refractivity contribution in [3.05, 3.63) is 35.4 Å². The van der Waals surface area contributed by atoms with Gasteiger partial charge in [0.25, 0.3) is 0 Å². The van der Waals surface area contributed by atoms with Crippen LogP contribution in [0.15, 0.2) is 24.3 Å². The molecular formula is C15H21NO2. The minimum atomic E-state index is -0.656. The minimum Gasteiger partial charge on any atom is -0.481 e. The summed E-state index contributed by atoms with van der Waals surface area (Å²) < 4.78 is 0. The molecule has 0 bridgehead atoms. The van der Waals surface area contributed by atoms with E-state index >= 15 is 0 Å². The molecule has 3 nitrogen and oxygen atoms in total. The molecule has 3 unspecified atom stereocenters. The van der Waals surface area contributed by atoms with Gasteiger partial charge in [0.1, 0.15) is 0 Å². The van der Waals surface area contributed by atoms with Crippen LogP contribution in [0.1, 0.15) is 30.5 Å². The van der Waals surface area contributed by atoms with Gasteiger partial charge in [-0.2, -0.15) is 0 Å². The van der Waals surface area contributed by atoms with Crippen LogP contribution >= 0.6 is 0 Å². The molecule has 98 valence electrons. The monoisotopic (exact) mass is 247 g/mol. The number of aliphatic carboxylic acids is 1. The van der Waals surface area contributed by atoms with Gasteiger partial charge in [-0.15, -0.1) is 0 Å². The van der Waals surface area contributed by atoms with Gasteiger partial charge in [0.05, 0.1) is 5.92 Å². The summed E-state index contributed by atoms with van der Waals surface area (Å²) in [6, 6.07) is 8.78. The molecule has 0 spiro atoms. The van der Waals surface area contributed by atoms with Crippen LogP contribution in [0, 0.1) is 11.8 Å². The van der Waals surface area contributed by atoms with E-state index < -0.39 is 5.97 Å². The lowest BCUT2D eigenvalue weighted by Crippen LogP contribution is -2.23. The Morgan fingerprint density at radius 3 is 2.39 bits per heavy atom. The van der Waals surface area contributed by atoms with E-state index in [1.165, 1.54) is 11.1 Å². The van der Waals surface area contributed by atoms with E-state index in [0.29, 0.717) is 0 Å². The Balaban J connectivity index is 2.18. The van der Waals surface area contributed by atoms with Crippen molar-refractivity contribution in [2.75, 3.05) is 14.1 Å². The molecule has 0 aromatic heterocycles. The number of aryl methyl sites for hydroxylation is 1. The van der Waals surface area contributed by atoms with E-state index in [1.807, 2.05) is 14.1 Å². The number of carboxylic acid groups (broad SMARTS) is 1. The lowest BCUT2D eigenvalue weighted by atomic mass is 9.98. The molecule has 1 fully saturated rings. The van der Waals surface area contributed by atoms with Crippen LogP contribution in [0.5, 0.6) is 0 Å². The molecule has 3 atom stereocenters. The summed E-state index contributed by atoms with van der Waals surface area (Å²) in [5, 5.41) is 9.06. The number of carboxylic acids is 1. The minimum absolute atomic E-state index is 0.164. The maximum atomic E-state index is 11.0. The molecule has 1 aliphatic rings. The van der Waals surface area contributed by atoms with Gasteiger partial charge in [0.2, 0.25) is 0 Å². The van der Waals surface area contributed by atoms with Crippen molar-refractivity contribution < 1.29 is 9.90 Å². The zero-order valence-electron chi connectivity index (χ0n) is 11.3. The first-order chi connectivity index (χ1) is 8.54. The number of hydrogen-bond donors (Lipinski definition) is 1. The second-order valence-electron chi connectivity index (χ2n) is 5.35. The van der Waals surface area contributed by atoms with Gasteiger partial charge in [0, 0.05) is 6.04 Å². The molecule has 0 heterocycles. The highest BCUT2D eigenvalue weighted by Crippen LogP contribution is 2.49. The number of hydrogen-bond acceptors (Lipinski definition) is 2. The third kappa shape index (κ3) is 2.56. The highest BCUT2D eigenvalue weighted by atomic mass is 16.4. The van der Waals surface area contributed by atoms with Crippen molar-refractivity contribution in [1.29, 1.82) is 0 Å². The largest absolute Gasteiger partial charge is 0.481 e. The van der Waals surface area contributed by atoms with E-state index in [2.05, 4.69) is 36.1 Å². The van der Waals surface area contributed by atoms with Crippen LogP contribution in [-0.2, 0) is 11.2 Å². The fraction of sp³-hybridized carbons (Fsp3) is 0.533. The van der Waals surface area contributed by atoms with E-state index in [0.717, 1.165) is 12.8 Å². The van der Waals surface area contributed by atoms with Gasteiger partial charge < -0.3 is 10.0 Å². The van der Waals surface area contributed by atoms with Crippen LogP contribution < -0.4 is 0 Å². The van der Waals surface area contributed by atoms with Gasteiger partial charge in [-0.25, -0.2) is 0 Å². The highest BCUT2D eigenvalue weighted by molar-refractivity contribution is 5.73. The summed E-state index contributed by atoms with van der Waals surface area (Å²) in [6.45, 7) is 2.14. The van der Waals surface area contributed by atoms with E-state index in [1.54, 1.807) is 0 Å². The summed E-state index contributed by atoms with van der Waals surface area (Å²) in [5.74, 6) is -0.565. The normalized spacial score (nSPS) is 24.0. The van der Waals surface area contributed by atoms with Crippen LogP contribution in [0.4, 0.5) is 0 Å². The topological polar surface area (TPSA) is 40.5 Å². The average Bonchev–Trinajstić information content (AvgIpc) is 3.10. The highest BCUT2D eigenvalue weighted by Gasteiger charge is 2.49. The Labute approximate surface area is 108 Å². The molecule has 0 aliphatic heterocycles. The van der Waals surface area contributed by atoms with Gasteiger partial charge in [0.15, 0.2) is 0 Å². The Morgan fingerprint density at radius 2 is 2.00 bits per heavy atom. The molecule has 2 rings (SSSR count). The fourth-order valence-electron chi connectivity index (χ4n) is 2.73. The Hall–Kier alpha value is -1.35. The third-order valence-corrected chi connectivity index (χ3v) is 3.85. The first kappa shape index (κ1) is 13.1. The maximum Gasteiger partial charge on any atom is 0.306 e. The smallest absolute Gasteiger partial charge is 0.306 e. The van der Waals surface area contributed by atoms with Crippen molar-refractivity contribution in [2.24, 2.45) is 11.8 Å². The van der Waals surface area contributed by atoms with Gasteiger partial charge in [-0.3, -0.25) is 4.79 Å². The Morgan fingerprint density at radius 1 is 1.39 bits per heavy atom. The molecule has 1 N–H and O–H groups in total. The summed E-state index contributed by atoms with van der Waals surface area (Å²) in [5.41, 5.74) is 2.55. The number of carbonyl (C=O) groups is 1. The molecule has 1 aromatic carbocycles. The first-order valence-electron chi connectivity index (χ1n) is 6.52. The summed E-state index contributed by atoms with van der Waals surface area (Å²) in [6.07, 6.45) is 1.84. The van der Waals surface area contributed by atoms with Crippen molar-refractivity contribution in [2.45, 2.75) is 25.8 Å². The molecule has 18 heavy (non-hydrogen) atoms. The second kappa shape index (κ2) is 5.11. The van der Waals surface area contributed by atoms with Crippen molar-refractivity contribution >= 4 is 5.97 Å². The van der Waals surface area contributed by atoms with Crippen molar-refractivity contribution in [1.82, 2.24) is 4.90 Å². The zero-order valence-corrected chi connectivity index (χ0v) is 11.3. The number of rotatable bonds is 5. The standard InChI is InChI=1S/C15H21NO2/c1-4-10-5-7-11(8-6-10)14(16(2)3)12-9-13(12)15(17)18/h5-8,12-14H,4,9H2,1-3H3,(H,17,18). The molecule has 1 saturated carbocycles. The third-order valence-electron chi connectivity index (χ3n) is 3.85. The van der Waals surface area contributed by atoms with Gasteiger partial charge >= 0.3 is 5.97 Å². The SMILES string of the molecule is CCc1ccc(C(C2CC2C(=O)O)N(C)C)cc1. The van der Waals surface area contributed by atoms with Gasteiger partial charge in [-0.05, 0) is 44.0 Å². The molecular weight excluding hydrogens is 226 g/mol. The molecule has 3 heteroatoms. The van der Waals surface area contributed by atoms with E-state index in [4.69, 9.17) is 5.11 Å². The average molecular weight is 247 g/mol. The molecule has 1 aliphatic carbocycles. The predicted octanol–water partition coefficient (Wildman–Crippen LogP) is 2.57. The fourth-order valence-corrected chi connectivity index (χ4v) is 2.73. The predicted molar refractivity (Wildman–Crippen MR) is 71.5 cm³/mol. The van der Waals surface area contributed by atoms with Crippen molar-refractivity contribution in [3.8, 4) is 0 Å². The molecule has 0 amide bonds. The molecule has 0 saturated heterocycles. The molecule has 1 aromatic rings. The Bertz CT molecular complexity index is 425. The number of benzene rings is 1. The molecule has 0 radical (unpaired) electrons. The number of nitrogens with zero attached hydrogens (tertiary/aromatic N) is 1. The van der Waals surface area contributed by atoms with Crippen LogP contribution in [-0.4, -0.2) is 30.1 Å². The van der Waals surface area contributed by atoms with E-state index in [-0.39, 0.29) is 17.9 Å². The van der Waals surface area contributed by atoms with Crippen LogP contribution in [0.3, 0.4) is 0 Å². The van der Waals surface area contributed by atoms with Crippen LogP contribution in [0.2, 0.25) is 0 Å². The zero-order chi connectivity index (χ0) is 13.3. The lowest BCUT2D eigenvalue weighted by Gasteiger charge is -2.25. The first-order valence-corrected chi connectivity index (χ1v) is 6.52. The lowest BCUT2D eigenvalue weighted by molar-refractivity contribution is -0.139. The summed E-state index contributed by atoms with van der Waals surface area (Å²) in [4.78, 5) is 13.1. The van der Waals surface area contributed by atoms with E-state index in [9.17, 15) is 4.79 Å². The van der Waals surface area contributed by atoms with Crippen LogP contribution in [0.25, 0.3) is 0 Å². The summed E-state index contributed by atoms with van der Waals surface area (Å²) in [7, 11) is 4.05. The Kier molecular flexibility index (Phi) is 3.71. The maximum absolute atomic E-state index is 11.0.